The van der Waals surface area contributed by atoms with Crippen LogP contribution < -0.4 is 21.0 Å². The van der Waals surface area contributed by atoms with Gasteiger partial charge in [0.05, 0.1) is 19.3 Å². The minimum atomic E-state index is -1.68. The lowest BCUT2D eigenvalue weighted by molar-refractivity contribution is -0.107. The Morgan fingerprint density at radius 2 is 2.09 bits per heavy atom. The summed E-state index contributed by atoms with van der Waals surface area (Å²) in [7, 11) is -1.68. The van der Waals surface area contributed by atoms with Crippen LogP contribution in [-0.4, -0.2) is 46.3 Å². The predicted molar refractivity (Wildman–Crippen MR) is 119 cm³/mol. The van der Waals surface area contributed by atoms with Crippen LogP contribution in [0.3, 0.4) is 0 Å². The number of benzene rings is 2. The van der Waals surface area contributed by atoms with Crippen LogP contribution in [0.2, 0.25) is 0 Å². The number of fused-ring (bicyclic) bond motifs is 1. The van der Waals surface area contributed by atoms with Gasteiger partial charge in [-0.3, -0.25) is 4.57 Å². The highest BCUT2D eigenvalue weighted by molar-refractivity contribution is 7.45. The number of aldehydes is 1. The first-order chi connectivity index (χ1) is 15.5. The van der Waals surface area contributed by atoms with Crippen molar-refractivity contribution in [3.05, 3.63) is 65.2 Å². The van der Waals surface area contributed by atoms with Crippen molar-refractivity contribution in [2.45, 2.75) is 24.9 Å². The van der Waals surface area contributed by atoms with E-state index in [1.54, 1.807) is 0 Å². The molecule has 2 aromatic carbocycles. The molecule has 1 aliphatic heterocycles. The molecule has 10 nitrogen and oxygen atoms in total. The van der Waals surface area contributed by atoms with E-state index in [-0.39, 0.29) is 25.4 Å². The zero-order valence-corrected chi connectivity index (χ0v) is 17.9. The summed E-state index contributed by atoms with van der Waals surface area (Å²) >= 11 is 0. The Bertz CT molecular complexity index is 1140. The third kappa shape index (κ3) is 5.29. The van der Waals surface area contributed by atoms with Crippen molar-refractivity contribution in [2.75, 3.05) is 18.9 Å². The second kappa shape index (κ2) is 10.2. The van der Waals surface area contributed by atoms with E-state index in [0.717, 1.165) is 10.8 Å². The lowest BCUT2D eigenvalue weighted by Crippen LogP contribution is -2.29. The number of nitrogen functional groups attached to an aromatic ring is 1. The molecular formula is C21H23N4O6P. The van der Waals surface area contributed by atoms with Gasteiger partial charge >= 0.3 is 14.2 Å². The standard InChI is InChI=1S/C21H23N4O6P/c22-19-7-9-25(21(28)24-19)20-12-17(27)18(30-20)13-29-32(23-8-10-26)31-16-6-5-14-3-1-2-4-15(14)11-16/h1-7,9-11,17-18,20,23,27H,8,12-13H2,(H2,22,24,28). The summed E-state index contributed by atoms with van der Waals surface area (Å²) in [5.74, 6) is 0.695. The van der Waals surface area contributed by atoms with Gasteiger partial charge in [-0.15, -0.1) is 0 Å². The molecule has 2 heterocycles. The third-order valence-electron chi connectivity index (χ3n) is 4.93. The van der Waals surface area contributed by atoms with Crippen molar-refractivity contribution < 1.29 is 23.7 Å². The van der Waals surface area contributed by atoms with E-state index >= 15 is 0 Å². The van der Waals surface area contributed by atoms with Crippen LogP contribution in [0.5, 0.6) is 5.75 Å². The molecule has 0 saturated carbocycles. The number of aliphatic hydroxyl groups excluding tert-OH is 1. The first-order valence-electron chi connectivity index (χ1n) is 9.98. The molecule has 1 fully saturated rings. The van der Waals surface area contributed by atoms with Gasteiger partial charge in [0.1, 0.15) is 30.2 Å². The zero-order valence-electron chi connectivity index (χ0n) is 17.0. The molecule has 0 radical (unpaired) electrons. The van der Waals surface area contributed by atoms with Gasteiger partial charge in [0.25, 0.3) is 0 Å². The van der Waals surface area contributed by atoms with Crippen LogP contribution >= 0.6 is 8.53 Å². The fourth-order valence-corrected chi connectivity index (χ4v) is 4.38. The minimum absolute atomic E-state index is 0.0000394. The minimum Gasteiger partial charge on any atom is -0.436 e. The number of carbonyl (C=O) groups excluding carboxylic acids is 1. The second-order valence-corrected chi connectivity index (χ2v) is 8.43. The number of rotatable bonds is 9. The number of nitrogens with two attached hydrogens (primary N) is 1. The first kappa shape index (κ1) is 22.3. The van der Waals surface area contributed by atoms with Crippen LogP contribution in [-0.2, 0) is 14.1 Å². The number of ether oxygens (including phenoxy) is 1. The topological polar surface area (TPSA) is 138 Å². The number of nitrogens with one attached hydrogen (secondary N) is 1. The molecule has 0 amide bonds. The average molecular weight is 458 g/mol. The number of hydrogen-bond acceptors (Lipinski definition) is 9. The zero-order chi connectivity index (χ0) is 22.5. The Kier molecular flexibility index (Phi) is 7.09. The van der Waals surface area contributed by atoms with Gasteiger partial charge in [0.2, 0.25) is 0 Å². The van der Waals surface area contributed by atoms with Gasteiger partial charge < -0.3 is 29.4 Å². The molecule has 0 bridgehead atoms. The molecule has 4 atom stereocenters. The van der Waals surface area contributed by atoms with Crippen molar-refractivity contribution in [3.8, 4) is 5.75 Å². The molecule has 4 N–H and O–H groups in total. The van der Waals surface area contributed by atoms with Crippen LogP contribution in [0.1, 0.15) is 12.6 Å². The summed E-state index contributed by atoms with van der Waals surface area (Å²) in [4.78, 5) is 26.5. The third-order valence-corrected chi connectivity index (χ3v) is 6.14. The van der Waals surface area contributed by atoms with E-state index in [9.17, 15) is 14.7 Å². The molecule has 4 unspecified atom stereocenters. The lowest BCUT2D eigenvalue weighted by Gasteiger charge is -2.21. The second-order valence-electron chi connectivity index (χ2n) is 7.16. The molecule has 4 rings (SSSR count). The van der Waals surface area contributed by atoms with E-state index in [4.69, 9.17) is 19.5 Å². The highest BCUT2D eigenvalue weighted by Crippen LogP contribution is 2.38. The molecule has 1 saturated heterocycles. The largest absolute Gasteiger partial charge is 0.436 e. The molecule has 3 aromatic rings. The van der Waals surface area contributed by atoms with Gasteiger partial charge in [-0.05, 0) is 29.0 Å². The van der Waals surface area contributed by atoms with E-state index in [0.29, 0.717) is 12.0 Å². The lowest BCUT2D eigenvalue weighted by atomic mass is 10.1. The van der Waals surface area contributed by atoms with Gasteiger partial charge in [-0.2, -0.15) is 4.98 Å². The van der Waals surface area contributed by atoms with E-state index in [1.165, 1.54) is 16.8 Å². The van der Waals surface area contributed by atoms with E-state index < -0.39 is 32.7 Å². The Labute approximate surface area is 184 Å². The molecule has 32 heavy (non-hydrogen) atoms. The van der Waals surface area contributed by atoms with E-state index in [2.05, 4.69) is 10.1 Å². The Morgan fingerprint density at radius 1 is 1.28 bits per heavy atom. The van der Waals surface area contributed by atoms with Crippen molar-refractivity contribution in [1.29, 1.82) is 0 Å². The van der Waals surface area contributed by atoms with E-state index in [1.807, 2.05) is 42.5 Å². The summed E-state index contributed by atoms with van der Waals surface area (Å²) in [6.07, 6.45) is 0.160. The maximum absolute atomic E-state index is 12.0. The number of aromatic nitrogens is 2. The fourth-order valence-electron chi connectivity index (χ4n) is 3.36. The summed E-state index contributed by atoms with van der Waals surface area (Å²) in [6.45, 7) is 0.0441. The highest BCUT2D eigenvalue weighted by atomic mass is 31.2. The first-order valence-corrected chi connectivity index (χ1v) is 11.2. The van der Waals surface area contributed by atoms with Crippen LogP contribution in [0.15, 0.2) is 59.5 Å². The quantitative estimate of drug-likeness (QED) is 0.323. The number of hydrogen-bond donors (Lipinski definition) is 3. The normalized spacial score (nSPS) is 21.5. The molecule has 1 aromatic heterocycles. The summed E-state index contributed by atoms with van der Waals surface area (Å²) in [5.41, 5.74) is 4.96. The summed E-state index contributed by atoms with van der Waals surface area (Å²) in [6, 6.07) is 15.0. The van der Waals surface area contributed by atoms with Crippen LogP contribution in [0, 0.1) is 0 Å². The number of aliphatic hydroxyl groups is 1. The summed E-state index contributed by atoms with van der Waals surface area (Å²) < 4.78 is 18.8. The Morgan fingerprint density at radius 3 is 2.88 bits per heavy atom. The predicted octanol–water partition coefficient (Wildman–Crippen LogP) is 1.74. The van der Waals surface area contributed by atoms with Crippen molar-refractivity contribution in [1.82, 2.24) is 14.6 Å². The Hall–Kier alpha value is -2.88. The SMILES string of the molecule is Nc1ccn(C2CC(O)C(COP(NCC=O)Oc3ccc4ccccc4c3)O2)c(=O)n1. The monoisotopic (exact) mass is 458 g/mol. The van der Waals surface area contributed by atoms with Gasteiger partial charge in [0, 0.05) is 12.6 Å². The van der Waals surface area contributed by atoms with Gasteiger partial charge in [-0.25, -0.2) is 9.88 Å². The molecule has 0 aliphatic carbocycles. The number of carbonyl (C=O) groups is 1. The molecule has 11 heteroatoms. The maximum Gasteiger partial charge on any atom is 0.351 e. The molecule has 1 aliphatic rings. The van der Waals surface area contributed by atoms with Crippen molar-refractivity contribution in [3.63, 3.8) is 0 Å². The van der Waals surface area contributed by atoms with Crippen molar-refractivity contribution in [2.24, 2.45) is 0 Å². The van der Waals surface area contributed by atoms with Crippen LogP contribution in [0.4, 0.5) is 5.82 Å². The molecular weight excluding hydrogens is 435 g/mol. The highest BCUT2D eigenvalue weighted by Gasteiger charge is 2.36. The number of nitrogens with zero attached hydrogens (tertiary/aromatic N) is 2. The molecule has 168 valence electrons. The van der Waals surface area contributed by atoms with Crippen molar-refractivity contribution >= 4 is 31.4 Å². The average Bonchev–Trinajstić information content (AvgIpc) is 3.15. The molecule has 0 spiro atoms. The van der Waals surface area contributed by atoms with Crippen LogP contribution in [0.25, 0.3) is 10.8 Å². The maximum atomic E-state index is 12.0. The Balaban J connectivity index is 1.40. The van der Waals surface area contributed by atoms with Gasteiger partial charge in [-0.1, -0.05) is 30.3 Å². The fraction of sp³-hybridized carbons (Fsp3) is 0.286. The number of anilines is 1. The smallest absolute Gasteiger partial charge is 0.351 e. The summed E-state index contributed by atoms with van der Waals surface area (Å²) in [5, 5.41) is 15.4. The van der Waals surface area contributed by atoms with Gasteiger partial charge in [0.15, 0.2) is 0 Å².